The van der Waals surface area contributed by atoms with Gasteiger partial charge in [0.05, 0.1) is 0 Å². The summed E-state index contributed by atoms with van der Waals surface area (Å²) in [6, 6.07) is 33.0. The van der Waals surface area contributed by atoms with Crippen LogP contribution < -0.4 is 31.9 Å². The molecule has 54 heavy (non-hydrogen) atoms. The maximum Gasteiger partial charge on any atom is 0.249 e. The normalized spacial score (nSPS) is 11.0. The van der Waals surface area contributed by atoms with Crippen LogP contribution in [0.1, 0.15) is 5.82 Å². The number of likely N-dealkylation sites (N-methyl/N-ethyl adjacent to an activating group) is 1. The summed E-state index contributed by atoms with van der Waals surface area (Å²) in [4.78, 5) is 54.0. The number of carbonyl (C=O) groups excluding carboxylic acids is 2. The van der Waals surface area contributed by atoms with Gasteiger partial charge in [0.1, 0.15) is 52.9 Å². The number of para-hydroxylation sites is 2. The lowest BCUT2D eigenvalue weighted by Crippen LogP contribution is -2.13. The van der Waals surface area contributed by atoms with Crippen LogP contribution in [0.4, 0.5) is 57.9 Å². The molecule has 0 atom stereocenters. The first-order valence-corrected chi connectivity index (χ1v) is 16.8. The summed E-state index contributed by atoms with van der Waals surface area (Å²) in [7, 11) is 3.84. The first-order valence-electron chi connectivity index (χ1n) is 16.8. The zero-order chi connectivity index (χ0) is 37.5. The molecule has 6 rings (SSSR count). The second-order valence-corrected chi connectivity index (χ2v) is 11.8. The number of amides is 2. The molecule has 2 amide bonds. The zero-order valence-corrected chi connectivity index (χ0v) is 29.4. The fourth-order valence-corrected chi connectivity index (χ4v) is 4.77. The van der Waals surface area contributed by atoms with E-state index in [0.717, 1.165) is 11.4 Å². The molecule has 4 heterocycles. The van der Waals surface area contributed by atoms with Gasteiger partial charge in [0.2, 0.25) is 11.8 Å². The molecule has 2 aromatic carbocycles. The molecule has 15 nitrogen and oxygen atoms in total. The van der Waals surface area contributed by atoms with Crippen molar-refractivity contribution >= 4 is 75.8 Å². The Morgan fingerprint density at radius 1 is 0.537 bits per heavy atom. The Balaban J connectivity index is 1.13. The predicted octanol–water partition coefficient (Wildman–Crippen LogP) is 6.74. The lowest BCUT2D eigenvalue weighted by Gasteiger charge is -2.11. The number of carbonyl (C=O) groups is 2. The molecule has 0 saturated heterocycles. The van der Waals surface area contributed by atoms with Gasteiger partial charge in [-0.05, 0) is 68.7 Å². The second-order valence-electron chi connectivity index (χ2n) is 11.8. The molecule has 0 unspecified atom stereocenters. The Morgan fingerprint density at radius 2 is 1.02 bits per heavy atom. The SMILES string of the molecule is CN(C)C/C=C/C(=O)Nc1cccc(Nc2cc(Nc3ccccc3)nc(/C=C/C(=O)Nc3cccc(Nc4cc(Nc5ccccc5)ncn4)n3)n2)n1. The number of anilines is 10. The molecule has 15 heteroatoms. The topological polar surface area (TPSA) is 187 Å². The monoisotopic (exact) mass is 719 g/mol. The number of nitrogens with zero attached hydrogens (tertiary/aromatic N) is 7. The van der Waals surface area contributed by atoms with Crippen molar-refractivity contribution in [3.05, 3.63) is 140 Å². The summed E-state index contributed by atoms with van der Waals surface area (Å²) in [5, 5.41) is 18.3. The van der Waals surface area contributed by atoms with Crippen LogP contribution in [0.3, 0.4) is 0 Å². The Morgan fingerprint density at radius 3 is 1.61 bits per heavy atom. The summed E-state index contributed by atoms with van der Waals surface area (Å²) in [6.45, 7) is 0.634. The van der Waals surface area contributed by atoms with Crippen LogP contribution in [0.5, 0.6) is 0 Å². The number of nitrogens with one attached hydrogen (secondary N) is 6. The lowest BCUT2D eigenvalue weighted by molar-refractivity contribution is -0.112. The van der Waals surface area contributed by atoms with Gasteiger partial charge in [-0.25, -0.2) is 29.9 Å². The van der Waals surface area contributed by atoms with Crippen LogP contribution in [-0.4, -0.2) is 67.3 Å². The highest BCUT2D eigenvalue weighted by Gasteiger charge is 2.09. The fourth-order valence-electron chi connectivity index (χ4n) is 4.77. The van der Waals surface area contributed by atoms with E-state index in [2.05, 4.69) is 61.8 Å². The minimum atomic E-state index is -0.444. The van der Waals surface area contributed by atoms with E-state index < -0.39 is 5.91 Å². The van der Waals surface area contributed by atoms with Crippen LogP contribution in [0.25, 0.3) is 6.08 Å². The summed E-state index contributed by atoms with van der Waals surface area (Å²) >= 11 is 0. The van der Waals surface area contributed by atoms with Gasteiger partial charge in [-0.2, -0.15) is 0 Å². The van der Waals surface area contributed by atoms with Crippen molar-refractivity contribution in [1.82, 2.24) is 34.8 Å². The van der Waals surface area contributed by atoms with Gasteiger partial charge in [-0.1, -0.05) is 54.6 Å². The van der Waals surface area contributed by atoms with Crippen molar-refractivity contribution in [2.45, 2.75) is 0 Å². The highest BCUT2D eigenvalue weighted by atomic mass is 16.2. The number of rotatable bonds is 15. The van der Waals surface area contributed by atoms with E-state index in [4.69, 9.17) is 0 Å². The fraction of sp³-hybridized carbons (Fsp3) is 0.0769. The van der Waals surface area contributed by atoms with Gasteiger partial charge in [0.25, 0.3) is 0 Å². The lowest BCUT2D eigenvalue weighted by atomic mass is 10.3. The van der Waals surface area contributed by atoms with Gasteiger partial charge in [0, 0.05) is 42.2 Å². The summed E-state index contributed by atoms with van der Waals surface area (Å²) in [6.07, 6.45) is 7.48. The van der Waals surface area contributed by atoms with Crippen LogP contribution in [0, 0.1) is 0 Å². The van der Waals surface area contributed by atoms with E-state index in [9.17, 15) is 9.59 Å². The average molecular weight is 720 g/mol. The molecule has 0 bridgehead atoms. The van der Waals surface area contributed by atoms with E-state index in [1.54, 1.807) is 54.6 Å². The zero-order valence-electron chi connectivity index (χ0n) is 29.4. The Hall–Kier alpha value is -7.52. The van der Waals surface area contributed by atoms with Crippen LogP contribution >= 0.6 is 0 Å². The van der Waals surface area contributed by atoms with E-state index in [-0.39, 0.29) is 11.7 Å². The molecule has 0 saturated carbocycles. The highest BCUT2D eigenvalue weighted by molar-refractivity contribution is 6.01. The van der Waals surface area contributed by atoms with E-state index in [1.807, 2.05) is 79.7 Å². The molecule has 270 valence electrons. The summed E-state index contributed by atoms with van der Waals surface area (Å²) < 4.78 is 0. The van der Waals surface area contributed by atoms with Gasteiger partial charge in [0.15, 0.2) is 5.82 Å². The molecule has 0 spiro atoms. The van der Waals surface area contributed by atoms with Crippen LogP contribution in [-0.2, 0) is 9.59 Å². The van der Waals surface area contributed by atoms with Crippen molar-refractivity contribution in [3.63, 3.8) is 0 Å². The van der Waals surface area contributed by atoms with Crippen molar-refractivity contribution in [2.24, 2.45) is 0 Å². The summed E-state index contributed by atoms with van der Waals surface area (Å²) in [5.74, 6) is 3.10. The number of pyridine rings is 2. The molecular formula is C39H37N13O2. The Bertz CT molecular complexity index is 2250. The Labute approximate surface area is 311 Å². The van der Waals surface area contributed by atoms with Crippen molar-refractivity contribution in [3.8, 4) is 0 Å². The van der Waals surface area contributed by atoms with Crippen LogP contribution in [0.15, 0.2) is 134 Å². The third-order valence-electron chi connectivity index (χ3n) is 7.14. The highest BCUT2D eigenvalue weighted by Crippen LogP contribution is 2.22. The molecular weight excluding hydrogens is 683 g/mol. The smallest absolute Gasteiger partial charge is 0.249 e. The molecule has 0 radical (unpaired) electrons. The molecule has 0 aliphatic heterocycles. The van der Waals surface area contributed by atoms with Crippen molar-refractivity contribution in [2.75, 3.05) is 52.5 Å². The second kappa shape index (κ2) is 18.1. The van der Waals surface area contributed by atoms with Crippen molar-refractivity contribution < 1.29 is 9.59 Å². The predicted molar refractivity (Wildman–Crippen MR) is 213 cm³/mol. The molecule has 0 fully saturated rings. The Kier molecular flexibility index (Phi) is 12.2. The largest absolute Gasteiger partial charge is 0.340 e. The minimum Gasteiger partial charge on any atom is -0.340 e. The van der Waals surface area contributed by atoms with E-state index in [1.165, 1.54) is 24.6 Å². The van der Waals surface area contributed by atoms with Crippen molar-refractivity contribution in [1.29, 1.82) is 0 Å². The van der Waals surface area contributed by atoms with E-state index in [0.29, 0.717) is 53.1 Å². The van der Waals surface area contributed by atoms with Gasteiger partial charge < -0.3 is 36.8 Å². The molecule has 6 aromatic rings. The molecule has 6 N–H and O–H groups in total. The van der Waals surface area contributed by atoms with Crippen LogP contribution in [0.2, 0.25) is 0 Å². The third-order valence-corrected chi connectivity index (χ3v) is 7.14. The number of hydrogen-bond donors (Lipinski definition) is 6. The first-order chi connectivity index (χ1) is 26.3. The number of benzene rings is 2. The quantitative estimate of drug-likeness (QED) is 0.0614. The first kappa shape index (κ1) is 36.3. The summed E-state index contributed by atoms with van der Waals surface area (Å²) in [5.41, 5.74) is 1.70. The average Bonchev–Trinajstić information content (AvgIpc) is 3.15. The molecule has 4 aromatic heterocycles. The number of aromatic nitrogens is 6. The van der Waals surface area contributed by atoms with Gasteiger partial charge in [-0.3, -0.25) is 9.59 Å². The van der Waals surface area contributed by atoms with E-state index >= 15 is 0 Å². The molecule has 0 aliphatic carbocycles. The van der Waals surface area contributed by atoms with Gasteiger partial charge >= 0.3 is 0 Å². The molecule has 0 aliphatic rings. The third kappa shape index (κ3) is 11.5. The minimum absolute atomic E-state index is 0.246. The standard InChI is InChI=1S/C39H37N13O2/c1-52(2)23-11-20-38(53)50-31-18-10-17-30(45-31)47-37-25-36(43-28-14-7-4-8-15-28)48-33(49-37)21-22-39(54)51-32-19-9-16-29(44-32)46-35-24-34(40-26-41-35)42-27-12-5-3-6-13-27/h3-22,24-26H,23H2,1-2H3,(H3,40,41,42,44,46,51,54)(H3,43,45,47,48,49,50,53)/b20-11+,22-21+. The van der Waals surface area contributed by atoms with Gasteiger partial charge in [-0.15, -0.1) is 0 Å². The number of hydrogen-bond acceptors (Lipinski definition) is 13. The maximum absolute atomic E-state index is 13.0. The maximum atomic E-state index is 13.0.